The second-order valence-corrected chi connectivity index (χ2v) is 6.40. The van der Waals surface area contributed by atoms with Gasteiger partial charge in [0.25, 0.3) is 0 Å². The van der Waals surface area contributed by atoms with E-state index in [9.17, 15) is 4.79 Å². The normalized spacial score (nSPS) is 14.3. The quantitative estimate of drug-likeness (QED) is 0.645. The lowest BCUT2D eigenvalue weighted by Crippen LogP contribution is -2.24. The van der Waals surface area contributed by atoms with Crippen molar-refractivity contribution < 1.29 is 4.79 Å². The van der Waals surface area contributed by atoms with E-state index in [1.807, 2.05) is 0 Å². The van der Waals surface area contributed by atoms with Gasteiger partial charge in [0.15, 0.2) is 0 Å². The predicted octanol–water partition coefficient (Wildman–Crippen LogP) is 1.96. The number of rotatable bonds is 10. The summed E-state index contributed by atoms with van der Waals surface area (Å²) in [5.74, 6) is 2.38. The second kappa shape index (κ2) is 10.4. The zero-order chi connectivity index (χ0) is 16.3. The van der Waals surface area contributed by atoms with Crippen LogP contribution in [0.25, 0.3) is 0 Å². The Labute approximate surface area is 139 Å². The van der Waals surface area contributed by atoms with Crippen molar-refractivity contribution in [3.8, 4) is 0 Å². The van der Waals surface area contributed by atoms with E-state index >= 15 is 0 Å². The Hall–Kier alpha value is -1.43. The summed E-state index contributed by atoms with van der Waals surface area (Å²) < 4.78 is 2.28. The minimum Gasteiger partial charge on any atom is -0.356 e. The van der Waals surface area contributed by atoms with Gasteiger partial charge in [-0.05, 0) is 38.6 Å². The Morgan fingerprint density at radius 1 is 1.09 bits per heavy atom. The number of nitrogens with zero attached hydrogens (tertiary/aromatic N) is 3. The molecule has 0 bridgehead atoms. The molecule has 2 rings (SSSR count). The van der Waals surface area contributed by atoms with E-state index in [0.29, 0.717) is 6.42 Å². The van der Waals surface area contributed by atoms with Crippen LogP contribution in [0.3, 0.4) is 0 Å². The van der Waals surface area contributed by atoms with E-state index < -0.39 is 0 Å². The van der Waals surface area contributed by atoms with E-state index in [1.54, 1.807) is 0 Å². The number of nitrogens with two attached hydrogens (primary N) is 1. The SMILES string of the molecule is NCCCCCCC(=O)NCCCc1nnc2n1CCCCC2. The van der Waals surface area contributed by atoms with Gasteiger partial charge in [-0.25, -0.2) is 0 Å². The van der Waals surface area contributed by atoms with Gasteiger partial charge in [0.2, 0.25) is 5.91 Å². The molecule has 130 valence electrons. The van der Waals surface area contributed by atoms with Gasteiger partial charge >= 0.3 is 0 Å². The fourth-order valence-corrected chi connectivity index (χ4v) is 3.08. The Morgan fingerprint density at radius 3 is 2.83 bits per heavy atom. The lowest BCUT2D eigenvalue weighted by Gasteiger charge is -2.08. The molecule has 0 radical (unpaired) electrons. The third-order valence-electron chi connectivity index (χ3n) is 4.44. The maximum absolute atomic E-state index is 11.7. The molecule has 1 aliphatic rings. The summed E-state index contributed by atoms with van der Waals surface area (Å²) in [7, 11) is 0. The number of aryl methyl sites for hydroxylation is 2. The Balaban J connectivity index is 1.58. The molecule has 0 saturated carbocycles. The minimum absolute atomic E-state index is 0.165. The van der Waals surface area contributed by atoms with E-state index in [-0.39, 0.29) is 5.91 Å². The van der Waals surface area contributed by atoms with Crippen molar-refractivity contribution in [1.82, 2.24) is 20.1 Å². The van der Waals surface area contributed by atoms with Crippen LogP contribution in [0.1, 0.15) is 69.4 Å². The third-order valence-corrected chi connectivity index (χ3v) is 4.44. The fourth-order valence-electron chi connectivity index (χ4n) is 3.08. The van der Waals surface area contributed by atoms with E-state index in [1.165, 1.54) is 19.3 Å². The summed E-state index contributed by atoms with van der Waals surface area (Å²) in [6, 6.07) is 0. The molecule has 1 aromatic heterocycles. The van der Waals surface area contributed by atoms with E-state index in [2.05, 4.69) is 20.1 Å². The molecule has 0 atom stereocenters. The Bertz CT molecular complexity index is 472. The number of nitrogens with one attached hydrogen (secondary N) is 1. The zero-order valence-electron chi connectivity index (χ0n) is 14.2. The maximum atomic E-state index is 11.7. The topological polar surface area (TPSA) is 85.8 Å². The lowest BCUT2D eigenvalue weighted by atomic mass is 10.1. The highest BCUT2D eigenvalue weighted by Gasteiger charge is 2.14. The van der Waals surface area contributed by atoms with Crippen LogP contribution in [-0.4, -0.2) is 33.8 Å². The summed E-state index contributed by atoms with van der Waals surface area (Å²) >= 11 is 0. The van der Waals surface area contributed by atoms with Gasteiger partial charge < -0.3 is 15.6 Å². The van der Waals surface area contributed by atoms with Crippen LogP contribution in [0.15, 0.2) is 0 Å². The molecule has 0 unspecified atom stereocenters. The first-order chi connectivity index (χ1) is 11.3. The summed E-state index contributed by atoms with van der Waals surface area (Å²) in [6.45, 7) is 2.52. The highest BCUT2D eigenvalue weighted by atomic mass is 16.1. The number of hydrogen-bond acceptors (Lipinski definition) is 4. The number of aromatic nitrogens is 3. The number of unbranched alkanes of at least 4 members (excludes halogenated alkanes) is 3. The number of carbonyl (C=O) groups is 1. The van der Waals surface area contributed by atoms with Crippen LogP contribution in [0.2, 0.25) is 0 Å². The van der Waals surface area contributed by atoms with Crippen molar-refractivity contribution >= 4 is 5.91 Å². The summed E-state index contributed by atoms with van der Waals surface area (Å²) in [5, 5.41) is 11.6. The Morgan fingerprint density at radius 2 is 1.96 bits per heavy atom. The number of amides is 1. The van der Waals surface area contributed by atoms with Crippen LogP contribution < -0.4 is 11.1 Å². The first-order valence-electron chi connectivity index (χ1n) is 9.19. The van der Waals surface area contributed by atoms with Crippen LogP contribution >= 0.6 is 0 Å². The smallest absolute Gasteiger partial charge is 0.219 e. The molecule has 0 aliphatic carbocycles. The summed E-state index contributed by atoms with van der Waals surface area (Å²) in [6.07, 6.45) is 11.5. The molecule has 1 amide bonds. The van der Waals surface area contributed by atoms with Crippen molar-refractivity contribution in [1.29, 1.82) is 0 Å². The van der Waals surface area contributed by atoms with Gasteiger partial charge in [0.05, 0.1) is 0 Å². The van der Waals surface area contributed by atoms with E-state index in [0.717, 1.165) is 76.2 Å². The molecule has 0 aromatic carbocycles. The van der Waals surface area contributed by atoms with Crippen molar-refractivity contribution in [3.63, 3.8) is 0 Å². The highest BCUT2D eigenvalue weighted by Crippen LogP contribution is 2.15. The predicted molar refractivity (Wildman–Crippen MR) is 91.0 cm³/mol. The second-order valence-electron chi connectivity index (χ2n) is 6.40. The van der Waals surface area contributed by atoms with Crippen LogP contribution in [0, 0.1) is 0 Å². The van der Waals surface area contributed by atoms with Crippen molar-refractivity contribution in [3.05, 3.63) is 11.6 Å². The monoisotopic (exact) mass is 321 g/mol. The van der Waals surface area contributed by atoms with Gasteiger partial charge in [-0.15, -0.1) is 10.2 Å². The van der Waals surface area contributed by atoms with Gasteiger partial charge in [0, 0.05) is 32.4 Å². The zero-order valence-corrected chi connectivity index (χ0v) is 14.2. The van der Waals surface area contributed by atoms with Gasteiger partial charge in [-0.3, -0.25) is 4.79 Å². The maximum Gasteiger partial charge on any atom is 0.219 e. The highest BCUT2D eigenvalue weighted by molar-refractivity contribution is 5.75. The average Bonchev–Trinajstić information content (AvgIpc) is 2.78. The number of hydrogen-bond donors (Lipinski definition) is 2. The van der Waals surface area contributed by atoms with Gasteiger partial charge in [-0.1, -0.05) is 19.3 Å². The summed E-state index contributed by atoms with van der Waals surface area (Å²) in [4.78, 5) is 11.7. The lowest BCUT2D eigenvalue weighted by molar-refractivity contribution is -0.121. The number of fused-ring (bicyclic) bond motifs is 1. The largest absolute Gasteiger partial charge is 0.356 e. The molecular weight excluding hydrogens is 290 g/mol. The number of carbonyl (C=O) groups excluding carboxylic acids is 1. The van der Waals surface area contributed by atoms with Crippen LogP contribution in [0.4, 0.5) is 0 Å². The molecular formula is C17H31N5O. The molecule has 6 nitrogen and oxygen atoms in total. The van der Waals surface area contributed by atoms with Crippen LogP contribution in [-0.2, 0) is 24.2 Å². The fraction of sp³-hybridized carbons (Fsp3) is 0.824. The van der Waals surface area contributed by atoms with Crippen LogP contribution in [0.5, 0.6) is 0 Å². The first kappa shape index (κ1) is 17.9. The third kappa shape index (κ3) is 6.29. The average molecular weight is 321 g/mol. The van der Waals surface area contributed by atoms with Crippen molar-refractivity contribution in [2.24, 2.45) is 5.73 Å². The van der Waals surface area contributed by atoms with E-state index in [4.69, 9.17) is 5.73 Å². The first-order valence-corrected chi connectivity index (χ1v) is 9.19. The van der Waals surface area contributed by atoms with Gasteiger partial charge in [0.1, 0.15) is 11.6 Å². The molecule has 0 fully saturated rings. The van der Waals surface area contributed by atoms with Crippen molar-refractivity contribution in [2.45, 2.75) is 77.2 Å². The molecule has 2 heterocycles. The van der Waals surface area contributed by atoms with Crippen molar-refractivity contribution in [2.75, 3.05) is 13.1 Å². The Kier molecular flexibility index (Phi) is 8.07. The molecule has 6 heteroatoms. The molecule has 0 spiro atoms. The standard InChI is InChI=1S/C17H31N5O/c18-12-6-2-1-5-11-17(23)19-13-8-10-16-21-20-15-9-4-3-7-14-22(15)16/h1-14,18H2,(H,19,23). The molecule has 3 N–H and O–H groups in total. The minimum atomic E-state index is 0.165. The summed E-state index contributed by atoms with van der Waals surface area (Å²) in [5.41, 5.74) is 5.45. The molecule has 1 aliphatic heterocycles. The molecule has 23 heavy (non-hydrogen) atoms. The van der Waals surface area contributed by atoms with Gasteiger partial charge in [-0.2, -0.15) is 0 Å². The molecule has 0 saturated heterocycles. The molecule has 1 aromatic rings.